The van der Waals surface area contributed by atoms with E-state index in [1.165, 1.54) is 39.4 Å². The van der Waals surface area contributed by atoms with Gasteiger partial charge in [-0.15, -0.1) is 11.3 Å². The molecule has 0 saturated carbocycles. The van der Waals surface area contributed by atoms with Crippen molar-refractivity contribution in [3.8, 4) is 0 Å². The van der Waals surface area contributed by atoms with Crippen LogP contribution >= 0.6 is 27.3 Å². The number of sulfonamides is 1. The highest BCUT2D eigenvalue weighted by Crippen LogP contribution is 2.27. The molecule has 2 aromatic rings. The number of nitrogens with one attached hydrogen (secondary N) is 1. The zero-order valence-electron chi connectivity index (χ0n) is 13.6. The van der Waals surface area contributed by atoms with Gasteiger partial charge in [0, 0.05) is 24.1 Å². The lowest BCUT2D eigenvalue weighted by molar-refractivity contribution is 0.0607. The molecule has 0 aliphatic heterocycles. The fourth-order valence-electron chi connectivity index (χ4n) is 1.89. The summed E-state index contributed by atoms with van der Waals surface area (Å²) in [5.41, 5.74) is 0.451. The Morgan fingerprint density at radius 2 is 1.92 bits per heavy atom. The van der Waals surface area contributed by atoms with E-state index >= 15 is 0 Å². The molecular formula is C15H15BrN2O5S2. The fourth-order valence-corrected chi connectivity index (χ4v) is 4.50. The van der Waals surface area contributed by atoms with Crippen molar-refractivity contribution in [3.05, 3.63) is 44.6 Å². The van der Waals surface area contributed by atoms with E-state index in [1.54, 1.807) is 11.4 Å². The Labute approximate surface area is 157 Å². The topological polar surface area (TPSA) is 92.8 Å². The minimum Gasteiger partial charge on any atom is -0.465 e. The molecule has 1 amide bonds. The zero-order valence-corrected chi connectivity index (χ0v) is 16.8. The molecule has 0 radical (unpaired) electrons. The first-order valence-electron chi connectivity index (χ1n) is 6.87. The Balaban J connectivity index is 2.36. The van der Waals surface area contributed by atoms with Crippen molar-refractivity contribution in [1.82, 2.24) is 4.31 Å². The minimum atomic E-state index is -3.72. The van der Waals surface area contributed by atoms with Crippen molar-refractivity contribution in [2.24, 2.45) is 0 Å². The number of carbonyl (C=O) groups is 2. The largest absolute Gasteiger partial charge is 0.465 e. The maximum Gasteiger partial charge on any atom is 0.350 e. The average Bonchev–Trinajstić information content (AvgIpc) is 3.02. The van der Waals surface area contributed by atoms with Crippen molar-refractivity contribution in [2.45, 2.75) is 4.90 Å². The highest BCUT2D eigenvalue weighted by Gasteiger charge is 2.23. The Bertz CT molecular complexity index is 922. The lowest BCUT2D eigenvalue weighted by Gasteiger charge is -2.14. The van der Waals surface area contributed by atoms with Crippen LogP contribution in [-0.2, 0) is 14.8 Å². The van der Waals surface area contributed by atoms with Crippen LogP contribution in [0.25, 0.3) is 0 Å². The lowest BCUT2D eigenvalue weighted by Crippen LogP contribution is -2.23. The van der Waals surface area contributed by atoms with Crippen LogP contribution in [0.3, 0.4) is 0 Å². The van der Waals surface area contributed by atoms with E-state index in [-0.39, 0.29) is 15.3 Å². The van der Waals surface area contributed by atoms with Crippen LogP contribution in [0, 0.1) is 0 Å². The highest BCUT2D eigenvalue weighted by molar-refractivity contribution is 9.10. The first-order valence-corrected chi connectivity index (χ1v) is 9.99. The molecule has 1 aromatic carbocycles. The van der Waals surface area contributed by atoms with Gasteiger partial charge in [0.15, 0.2) is 0 Å². The van der Waals surface area contributed by atoms with Crippen molar-refractivity contribution < 1.29 is 22.7 Å². The monoisotopic (exact) mass is 446 g/mol. The molecule has 0 spiro atoms. The van der Waals surface area contributed by atoms with E-state index in [4.69, 9.17) is 0 Å². The minimum absolute atomic E-state index is 0.0244. The molecule has 0 bridgehead atoms. The van der Waals surface area contributed by atoms with Gasteiger partial charge in [0.25, 0.3) is 5.91 Å². The van der Waals surface area contributed by atoms with Gasteiger partial charge in [0.05, 0.1) is 17.7 Å². The SMILES string of the molecule is COC(=O)c1sccc1NC(=O)c1ccc(Br)c(S(=O)(=O)N(C)C)c1. The van der Waals surface area contributed by atoms with E-state index in [2.05, 4.69) is 26.0 Å². The predicted octanol–water partition coefficient (Wildman–Crippen LogP) is 2.80. The molecule has 134 valence electrons. The van der Waals surface area contributed by atoms with E-state index in [0.717, 1.165) is 15.6 Å². The highest BCUT2D eigenvalue weighted by atomic mass is 79.9. The average molecular weight is 447 g/mol. The number of rotatable bonds is 5. The molecule has 0 aliphatic carbocycles. The van der Waals surface area contributed by atoms with E-state index in [0.29, 0.717) is 10.2 Å². The number of carbonyl (C=O) groups excluding carboxylic acids is 2. The van der Waals surface area contributed by atoms with Gasteiger partial charge in [-0.05, 0) is 45.6 Å². The fraction of sp³-hybridized carbons (Fsp3) is 0.200. The number of anilines is 1. The van der Waals surface area contributed by atoms with Gasteiger partial charge in [-0.1, -0.05) is 0 Å². The molecule has 0 saturated heterocycles. The van der Waals surface area contributed by atoms with Crippen molar-refractivity contribution >= 4 is 54.9 Å². The number of hydrogen-bond acceptors (Lipinski definition) is 6. The summed E-state index contributed by atoms with van der Waals surface area (Å²) in [5.74, 6) is -1.09. The normalized spacial score (nSPS) is 11.4. The molecule has 1 heterocycles. The third kappa shape index (κ3) is 4.09. The second-order valence-corrected chi connectivity index (χ2v) is 8.93. The van der Waals surface area contributed by atoms with E-state index in [1.807, 2.05) is 0 Å². The molecule has 10 heteroatoms. The number of ether oxygens (including phenoxy) is 1. The van der Waals surface area contributed by atoms with Crippen molar-refractivity contribution in [3.63, 3.8) is 0 Å². The van der Waals surface area contributed by atoms with Crippen LogP contribution < -0.4 is 5.32 Å². The summed E-state index contributed by atoms with van der Waals surface area (Å²) in [6, 6.07) is 5.82. The zero-order chi connectivity index (χ0) is 18.8. The third-order valence-electron chi connectivity index (χ3n) is 3.24. The maximum absolute atomic E-state index is 12.5. The molecule has 0 aliphatic rings. The van der Waals surface area contributed by atoms with Crippen LogP contribution in [0.2, 0.25) is 0 Å². The second kappa shape index (κ2) is 7.65. The summed E-state index contributed by atoms with van der Waals surface area (Å²) in [7, 11) is 0.345. The van der Waals surface area contributed by atoms with Crippen molar-refractivity contribution in [2.75, 3.05) is 26.5 Å². The summed E-state index contributed by atoms with van der Waals surface area (Å²) < 4.78 is 30.7. The standard InChI is InChI=1S/C15H15BrN2O5S2/c1-18(2)25(21,22)12-8-9(4-5-10(12)16)14(19)17-11-6-7-24-13(11)15(20)23-3/h4-8H,1-3H3,(H,17,19). The Morgan fingerprint density at radius 3 is 2.52 bits per heavy atom. The number of hydrogen-bond donors (Lipinski definition) is 1. The van der Waals surface area contributed by atoms with Gasteiger partial charge in [-0.2, -0.15) is 0 Å². The summed E-state index contributed by atoms with van der Waals surface area (Å²) in [6.45, 7) is 0. The van der Waals surface area contributed by atoms with Gasteiger partial charge >= 0.3 is 5.97 Å². The van der Waals surface area contributed by atoms with Gasteiger partial charge in [0.1, 0.15) is 4.88 Å². The van der Waals surface area contributed by atoms with Gasteiger partial charge in [0.2, 0.25) is 10.0 Å². The number of amides is 1. The van der Waals surface area contributed by atoms with Gasteiger partial charge in [-0.3, -0.25) is 4.79 Å². The number of halogens is 1. The quantitative estimate of drug-likeness (QED) is 0.712. The predicted molar refractivity (Wildman–Crippen MR) is 98.6 cm³/mol. The first-order chi connectivity index (χ1) is 11.7. The number of thiophene rings is 1. The molecule has 0 fully saturated rings. The van der Waals surface area contributed by atoms with Crippen molar-refractivity contribution in [1.29, 1.82) is 0 Å². The lowest BCUT2D eigenvalue weighted by atomic mass is 10.2. The van der Waals surface area contributed by atoms with Crippen LogP contribution in [0.5, 0.6) is 0 Å². The summed E-state index contributed by atoms with van der Waals surface area (Å²) in [5, 5.41) is 4.24. The Morgan fingerprint density at radius 1 is 1.24 bits per heavy atom. The second-order valence-electron chi connectivity index (χ2n) is 5.04. The van der Waals surface area contributed by atoms with Crippen LogP contribution in [0.15, 0.2) is 39.0 Å². The van der Waals surface area contributed by atoms with Crippen LogP contribution in [-0.4, -0.2) is 45.8 Å². The smallest absolute Gasteiger partial charge is 0.350 e. The van der Waals surface area contributed by atoms with Gasteiger partial charge in [-0.25, -0.2) is 17.5 Å². The molecule has 7 nitrogen and oxygen atoms in total. The maximum atomic E-state index is 12.5. The van der Waals surface area contributed by atoms with Gasteiger partial charge < -0.3 is 10.1 Å². The molecule has 0 unspecified atom stereocenters. The van der Waals surface area contributed by atoms with Crippen LogP contribution in [0.4, 0.5) is 5.69 Å². The third-order valence-corrected chi connectivity index (χ3v) is 6.94. The summed E-state index contributed by atoms with van der Waals surface area (Å²) >= 11 is 4.32. The molecular weight excluding hydrogens is 432 g/mol. The van der Waals surface area contributed by atoms with Crippen LogP contribution in [0.1, 0.15) is 20.0 Å². The number of nitrogens with zero attached hydrogens (tertiary/aromatic N) is 1. The molecule has 2 rings (SSSR count). The summed E-state index contributed by atoms with van der Waals surface area (Å²) in [4.78, 5) is 24.4. The number of methoxy groups -OCH3 is 1. The molecule has 0 atom stereocenters. The summed E-state index contributed by atoms with van der Waals surface area (Å²) in [6.07, 6.45) is 0. The number of benzene rings is 1. The Hall–Kier alpha value is -1.75. The molecule has 1 N–H and O–H groups in total. The number of esters is 1. The Kier molecular flexibility index (Phi) is 5.99. The van der Waals surface area contributed by atoms with E-state index < -0.39 is 21.9 Å². The molecule has 25 heavy (non-hydrogen) atoms. The molecule has 1 aromatic heterocycles. The van der Waals surface area contributed by atoms with E-state index in [9.17, 15) is 18.0 Å². The first kappa shape index (κ1) is 19.6.